The molecule has 1 atom stereocenters. The Balaban J connectivity index is -0.000000106. The van der Waals surface area contributed by atoms with E-state index < -0.39 is 40.0 Å². The quantitative estimate of drug-likeness (QED) is 0.235. The van der Waals surface area contributed by atoms with Gasteiger partial charge in [0.15, 0.2) is 6.29 Å². The molecular weight excluding hydrogens is 507 g/mol. The monoisotopic (exact) mass is 523 g/mol. The van der Waals surface area contributed by atoms with Crippen LogP contribution in [0.4, 0.5) is 51.8 Å². The van der Waals surface area contributed by atoms with Crippen molar-refractivity contribution in [2.45, 2.75) is 13.2 Å². The second-order valence-electron chi connectivity index (χ2n) is 4.52. The molecular formula is C12H15B3F12LiO6-3. The standard InChI is InChI=1S/C8H10O2.C4H4O4.3BF4.Li.H/c1-7(9)10-8-5-3-2-4-6-8;5-3(6)1-2-4(7)8;3*2-1(3,4)5;;/h2-7,9H,1H3;1-2H,(H,5,6)(H,7,8);;;;;/q;;3*-1;;/b;2-1-;;;;;. The second kappa shape index (κ2) is 21.2. The molecule has 0 aromatic heterocycles. The van der Waals surface area contributed by atoms with Crippen LogP contribution < -0.4 is 4.74 Å². The van der Waals surface area contributed by atoms with Gasteiger partial charge in [-0.15, -0.1) is 0 Å². The van der Waals surface area contributed by atoms with Crippen molar-refractivity contribution in [2.24, 2.45) is 0 Å². The molecule has 0 bridgehead atoms. The molecule has 0 aliphatic heterocycles. The number of benzene rings is 1. The van der Waals surface area contributed by atoms with Crippen molar-refractivity contribution in [3.63, 3.8) is 0 Å². The molecule has 3 N–H and O–H groups in total. The number of hydrogen-bond acceptors (Lipinski definition) is 4. The fraction of sp³-hybridized carbons (Fsp3) is 0.167. The SMILES string of the molecule is CC(O)Oc1ccccc1.F[B-](F)(F)F.F[B-](F)(F)F.F[B-](F)(F)F.O=C(O)/C=C\C(=O)O.[LiH]. The molecule has 1 rings (SSSR count). The zero-order chi connectivity index (χ0) is 27.5. The van der Waals surface area contributed by atoms with Gasteiger partial charge in [-0.05, 0) is 19.1 Å². The van der Waals surface area contributed by atoms with Crippen LogP contribution in [0.3, 0.4) is 0 Å². The van der Waals surface area contributed by atoms with Gasteiger partial charge >= 0.3 is 52.6 Å². The van der Waals surface area contributed by atoms with E-state index in [1.54, 1.807) is 19.1 Å². The normalized spacial score (nSPS) is 11.2. The van der Waals surface area contributed by atoms with E-state index in [2.05, 4.69) is 0 Å². The molecule has 0 saturated carbocycles. The van der Waals surface area contributed by atoms with Crippen LogP contribution >= 0.6 is 0 Å². The Bertz CT molecular complexity index is 609. The molecule has 22 heteroatoms. The summed E-state index contributed by atoms with van der Waals surface area (Å²) in [5.41, 5.74) is 0. The van der Waals surface area contributed by atoms with Crippen LogP contribution in [0.15, 0.2) is 42.5 Å². The molecule has 0 spiro atoms. The molecule has 1 aromatic carbocycles. The van der Waals surface area contributed by atoms with Gasteiger partial charge in [-0.2, -0.15) is 0 Å². The number of carbonyl (C=O) groups is 2. The fourth-order valence-electron chi connectivity index (χ4n) is 0.839. The van der Waals surface area contributed by atoms with Gasteiger partial charge in [0.05, 0.1) is 0 Å². The molecule has 0 radical (unpaired) electrons. The summed E-state index contributed by atoms with van der Waals surface area (Å²) in [5.74, 6) is -1.82. The van der Waals surface area contributed by atoms with Gasteiger partial charge in [0.2, 0.25) is 0 Å². The Kier molecular flexibility index (Phi) is 26.0. The number of aliphatic carboxylic acids is 2. The Morgan fingerprint density at radius 3 is 1.15 bits per heavy atom. The maximum atomic E-state index is 9.75. The number of hydrogen-bond donors (Lipinski definition) is 3. The summed E-state index contributed by atoms with van der Waals surface area (Å²) in [6, 6.07) is 9.21. The van der Waals surface area contributed by atoms with Crippen LogP contribution in [-0.2, 0) is 9.59 Å². The third kappa shape index (κ3) is 114. The third-order valence-corrected chi connectivity index (χ3v) is 1.42. The minimum absolute atomic E-state index is 0. The van der Waals surface area contributed by atoms with Crippen LogP contribution in [0.1, 0.15) is 6.92 Å². The van der Waals surface area contributed by atoms with Crippen LogP contribution in [-0.4, -0.2) is 74.2 Å². The van der Waals surface area contributed by atoms with Crippen LogP contribution in [0, 0.1) is 0 Å². The number of carboxylic acids is 2. The topological polar surface area (TPSA) is 104 Å². The summed E-state index contributed by atoms with van der Waals surface area (Å²) in [6.45, 7) is 1.58. The van der Waals surface area contributed by atoms with E-state index in [1.807, 2.05) is 18.2 Å². The molecule has 0 aliphatic rings. The van der Waals surface area contributed by atoms with Gasteiger partial charge < -0.3 is 71.8 Å². The molecule has 6 nitrogen and oxygen atoms in total. The van der Waals surface area contributed by atoms with Crippen LogP contribution in [0.2, 0.25) is 0 Å². The number of halogens is 12. The number of carboxylic acid groups (broad SMARTS) is 2. The Labute approximate surface area is 196 Å². The molecule has 34 heavy (non-hydrogen) atoms. The fourth-order valence-corrected chi connectivity index (χ4v) is 0.839. The van der Waals surface area contributed by atoms with E-state index in [-0.39, 0.29) is 18.9 Å². The summed E-state index contributed by atoms with van der Waals surface area (Å²) in [5, 5.41) is 24.4. The van der Waals surface area contributed by atoms with Gasteiger partial charge in [0, 0.05) is 12.2 Å². The zero-order valence-corrected chi connectivity index (χ0v) is 16.0. The van der Waals surface area contributed by atoms with E-state index in [9.17, 15) is 61.4 Å². The summed E-state index contributed by atoms with van der Waals surface area (Å²) >= 11 is 0. The van der Waals surface area contributed by atoms with Gasteiger partial charge in [-0.3, -0.25) is 0 Å². The first-order valence-electron chi connectivity index (χ1n) is 7.57. The first-order valence-corrected chi connectivity index (χ1v) is 7.57. The number of ether oxygens (including phenoxy) is 1. The first kappa shape index (κ1) is 41.8. The summed E-state index contributed by atoms with van der Waals surface area (Å²) in [7, 11) is -18.0. The van der Waals surface area contributed by atoms with E-state index in [4.69, 9.17) is 20.1 Å². The summed E-state index contributed by atoms with van der Waals surface area (Å²) < 4.78 is 122. The van der Waals surface area contributed by atoms with Crippen molar-refractivity contribution in [3.8, 4) is 5.75 Å². The Hall–Kier alpha value is -2.39. The van der Waals surface area contributed by atoms with Gasteiger partial charge in [-0.25, -0.2) is 9.59 Å². The average Bonchev–Trinajstić information content (AvgIpc) is 2.49. The molecule has 1 unspecified atom stereocenters. The summed E-state index contributed by atoms with van der Waals surface area (Å²) in [4.78, 5) is 19.1. The number of aliphatic hydroxyl groups excluding tert-OH is 1. The first-order chi connectivity index (χ1) is 14.4. The van der Waals surface area contributed by atoms with E-state index in [1.165, 1.54) is 0 Å². The molecule has 1 aromatic rings. The van der Waals surface area contributed by atoms with Gasteiger partial charge in [-0.1, -0.05) is 18.2 Å². The van der Waals surface area contributed by atoms with Gasteiger partial charge in [0.25, 0.3) is 0 Å². The number of para-hydroxylation sites is 1. The van der Waals surface area contributed by atoms with E-state index in [0.29, 0.717) is 17.9 Å². The summed E-state index contributed by atoms with van der Waals surface area (Å²) in [6.07, 6.45) is 0.382. The van der Waals surface area contributed by atoms with Crippen molar-refractivity contribution in [3.05, 3.63) is 42.5 Å². The van der Waals surface area contributed by atoms with Gasteiger partial charge in [0.1, 0.15) is 5.75 Å². The zero-order valence-electron chi connectivity index (χ0n) is 16.0. The third-order valence-electron chi connectivity index (χ3n) is 1.42. The predicted octanol–water partition coefficient (Wildman–Crippen LogP) is 4.37. The molecule has 0 saturated heterocycles. The van der Waals surface area contributed by atoms with E-state index >= 15 is 0 Å². The molecule has 0 aliphatic carbocycles. The molecule has 0 fully saturated rings. The van der Waals surface area contributed by atoms with Crippen molar-refractivity contribution in [1.82, 2.24) is 0 Å². The van der Waals surface area contributed by atoms with Crippen molar-refractivity contribution >= 4 is 52.6 Å². The minimum atomic E-state index is -6.00. The van der Waals surface area contributed by atoms with Crippen molar-refractivity contribution < 1.29 is 81.4 Å². The average molecular weight is 523 g/mol. The van der Waals surface area contributed by atoms with Crippen molar-refractivity contribution in [2.75, 3.05) is 0 Å². The van der Waals surface area contributed by atoms with E-state index in [0.717, 1.165) is 0 Å². The Morgan fingerprint density at radius 2 is 0.971 bits per heavy atom. The predicted molar refractivity (Wildman–Crippen MR) is 101 cm³/mol. The van der Waals surface area contributed by atoms with Crippen LogP contribution in [0.5, 0.6) is 5.75 Å². The maximum absolute atomic E-state index is 9.75. The molecule has 0 amide bonds. The van der Waals surface area contributed by atoms with Crippen LogP contribution in [0.25, 0.3) is 0 Å². The number of rotatable bonds is 4. The van der Waals surface area contributed by atoms with Crippen molar-refractivity contribution in [1.29, 1.82) is 0 Å². The number of aliphatic hydroxyl groups is 1. The Morgan fingerprint density at radius 1 is 0.735 bits per heavy atom. The second-order valence-corrected chi connectivity index (χ2v) is 4.52. The molecule has 0 heterocycles. The molecule has 196 valence electrons.